The maximum Gasteiger partial charge on any atom is 0.260 e. The Balaban J connectivity index is 2.21. The van der Waals surface area contributed by atoms with Crippen molar-refractivity contribution in [2.45, 2.75) is 0 Å². The number of hydrogen-bond acceptors (Lipinski definition) is 4. The Hall–Kier alpha value is -2.21. The summed E-state index contributed by atoms with van der Waals surface area (Å²) in [5.74, 6) is -0.796. The Bertz CT molecular complexity index is 588. The molecular weight excluding hydrogens is 259 g/mol. The molecule has 5 nitrogen and oxygen atoms in total. The van der Waals surface area contributed by atoms with Crippen molar-refractivity contribution < 1.29 is 9.18 Å². The zero-order valence-corrected chi connectivity index (χ0v) is 9.78. The van der Waals surface area contributed by atoms with E-state index in [1.54, 1.807) is 0 Å². The van der Waals surface area contributed by atoms with Gasteiger partial charge in [-0.3, -0.25) is 4.79 Å². The molecule has 0 aliphatic rings. The summed E-state index contributed by atoms with van der Waals surface area (Å²) in [6.07, 6.45) is 2.34. The summed E-state index contributed by atoms with van der Waals surface area (Å²) >= 11 is 5.77. The van der Waals surface area contributed by atoms with Crippen LogP contribution in [0.2, 0.25) is 5.15 Å². The standard InChI is InChI=1S/C11H8ClFN4O/c12-10-8(3-7(14)5-16-10)11(18)17-9-2-1-6(13)4-15-9/h1-5H,14H2,(H,15,17,18). The molecule has 2 aromatic rings. The van der Waals surface area contributed by atoms with E-state index < -0.39 is 11.7 Å². The van der Waals surface area contributed by atoms with Gasteiger partial charge < -0.3 is 11.1 Å². The lowest BCUT2D eigenvalue weighted by atomic mass is 10.2. The monoisotopic (exact) mass is 266 g/mol. The first kappa shape index (κ1) is 12.3. The molecule has 0 spiro atoms. The van der Waals surface area contributed by atoms with Crippen molar-refractivity contribution in [2.75, 3.05) is 11.1 Å². The van der Waals surface area contributed by atoms with E-state index >= 15 is 0 Å². The molecule has 7 heteroatoms. The van der Waals surface area contributed by atoms with Gasteiger partial charge in [-0.1, -0.05) is 11.6 Å². The van der Waals surface area contributed by atoms with Gasteiger partial charge in [-0.15, -0.1) is 0 Å². The van der Waals surface area contributed by atoms with Gasteiger partial charge in [-0.2, -0.15) is 0 Å². The van der Waals surface area contributed by atoms with Crippen LogP contribution in [0.3, 0.4) is 0 Å². The summed E-state index contributed by atoms with van der Waals surface area (Å²) in [5.41, 5.74) is 5.96. The summed E-state index contributed by atoms with van der Waals surface area (Å²) in [4.78, 5) is 19.3. The van der Waals surface area contributed by atoms with E-state index in [1.807, 2.05) is 0 Å². The molecule has 0 saturated heterocycles. The average molecular weight is 267 g/mol. The fourth-order valence-electron chi connectivity index (χ4n) is 1.26. The SMILES string of the molecule is Nc1cnc(Cl)c(C(=O)Nc2ccc(F)cn2)c1. The van der Waals surface area contributed by atoms with E-state index in [1.165, 1.54) is 24.4 Å². The van der Waals surface area contributed by atoms with Crippen molar-refractivity contribution in [3.63, 3.8) is 0 Å². The second-order valence-corrected chi connectivity index (χ2v) is 3.78. The Morgan fingerprint density at radius 3 is 2.78 bits per heavy atom. The number of aromatic nitrogens is 2. The Labute approximate surface area is 107 Å². The van der Waals surface area contributed by atoms with Crippen LogP contribution in [0.4, 0.5) is 15.9 Å². The molecule has 0 unspecified atom stereocenters. The Kier molecular flexibility index (Phi) is 3.38. The normalized spacial score (nSPS) is 10.1. The lowest BCUT2D eigenvalue weighted by molar-refractivity contribution is 0.102. The topological polar surface area (TPSA) is 80.9 Å². The Morgan fingerprint density at radius 1 is 1.33 bits per heavy atom. The van der Waals surface area contributed by atoms with Gasteiger partial charge in [0.1, 0.15) is 16.8 Å². The molecular formula is C11H8ClFN4O. The highest BCUT2D eigenvalue weighted by molar-refractivity contribution is 6.33. The molecule has 2 aromatic heterocycles. The third kappa shape index (κ3) is 2.72. The lowest BCUT2D eigenvalue weighted by Crippen LogP contribution is -2.14. The molecule has 0 radical (unpaired) electrons. The third-order valence-electron chi connectivity index (χ3n) is 2.07. The molecule has 3 N–H and O–H groups in total. The summed E-state index contributed by atoms with van der Waals surface area (Å²) < 4.78 is 12.6. The van der Waals surface area contributed by atoms with Gasteiger partial charge in [0.2, 0.25) is 0 Å². The first-order chi connectivity index (χ1) is 8.56. The number of carbonyl (C=O) groups excluding carboxylic acids is 1. The number of rotatable bonds is 2. The number of anilines is 2. The van der Waals surface area contributed by atoms with E-state index in [9.17, 15) is 9.18 Å². The summed E-state index contributed by atoms with van der Waals surface area (Å²) in [7, 11) is 0. The maximum atomic E-state index is 12.6. The van der Waals surface area contributed by atoms with Crippen molar-refractivity contribution in [1.82, 2.24) is 9.97 Å². The Morgan fingerprint density at radius 2 is 2.11 bits per heavy atom. The number of nitrogens with zero attached hydrogens (tertiary/aromatic N) is 2. The molecule has 0 saturated carbocycles. The fraction of sp³-hybridized carbons (Fsp3) is 0. The van der Waals surface area contributed by atoms with Gasteiger partial charge in [0, 0.05) is 0 Å². The van der Waals surface area contributed by atoms with Crippen molar-refractivity contribution in [2.24, 2.45) is 0 Å². The molecule has 0 aromatic carbocycles. The van der Waals surface area contributed by atoms with Gasteiger partial charge >= 0.3 is 0 Å². The average Bonchev–Trinajstić information content (AvgIpc) is 2.35. The molecule has 1 amide bonds. The number of nitrogen functional groups attached to an aromatic ring is 1. The zero-order valence-electron chi connectivity index (χ0n) is 9.02. The van der Waals surface area contributed by atoms with E-state index in [2.05, 4.69) is 15.3 Å². The molecule has 0 fully saturated rings. The van der Waals surface area contributed by atoms with Crippen molar-refractivity contribution in [3.8, 4) is 0 Å². The minimum Gasteiger partial charge on any atom is -0.397 e. The van der Waals surface area contributed by atoms with Gasteiger partial charge in [0.05, 0.1) is 23.6 Å². The van der Waals surface area contributed by atoms with Gasteiger partial charge in [-0.05, 0) is 18.2 Å². The molecule has 0 aliphatic heterocycles. The number of amides is 1. The van der Waals surface area contributed by atoms with Crippen molar-refractivity contribution in [1.29, 1.82) is 0 Å². The number of hydrogen-bond donors (Lipinski definition) is 2. The van der Waals surface area contributed by atoms with Crippen LogP contribution < -0.4 is 11.1 Å². The molecule has 0 bridgehead atoms. The minimum atomic E-state index is -0.515. The summed E-state index contributed by atoms with van der Waals surface area (Å²) in [6, 6.07) is 3.91. The molecule has 0 aliphatic carbocycles. The van der Waals surface area contributed by atoms with Gasteiger partial charge in [0.15, 0.2) is 0 Å². The highest BCUT2D eigenvalue weighted by Crippen LogP contribution is 2.17. The van der Waals surface area contributed by atoms with E-state index in [0.29, 0.717) is 5.69 Å². The number of pyridine rings is 2. The molecule has 0 atom stereocenters. The van der Waals surface area contributed by atoms with E-state index in [4.69, 9.17) is 17.3 Å². The predicted octanol–water partition coefficient (Wildman–Crippen LogP) is 2.10. The number of nitrogens with two attached hydrogens (primary N) is 1. The largest absolute Gasteiger partial charge is 0.397 e. The summed E-state index contributed by atoms with van der Waals surface area (Å²) in [6.45, 7) is 0. The number of carbonyl (C=O) groups is 1. The van der Waals surface area contributed by atoms with Crippen LogP contribution in [-0.4, -0.2) is 15.9 Å². The van der Waals surface area contributed by atoms with Crippen LogP contribution in [0.25, 0.3) is 0 Å². The number of halogens is 2. The predicted molar refractivity (Wildman–Crippen MR) is 65.8 cm³/mol. The molecule has 18 heavy (non-hydrogen) atoms. The lowest BCUT2D eigenvalue weighted by Gasteiger charge is -2.06. The molecule has 2 rings (SSSR count). The van der Waals surface area contributed by atoms with E-state index in [-0.39, 0.29) is 16.5 Å². The minimum absolute atomic E-state index is 0.0313. The van der Waals surface area contributed by atoms with Crippen LogP contribution in [0, 0.1) is 5.82 Å². The van der Waals surface area contributed by atoms with Crippen molar-refractivity contribution in [3.05, 3.63) is 47.1 Å². The quantitative estimate of drug-likeness (QED) is 0.816. The smallest absolute Gasteiger partial charge is 0.260 e. The van der Waals surface area contributed by atoms with Crippen molar-refractivity contribution >= 4 is 29.0 Å². The van der Waals surface area contributed by atoms with E-state index in [0.717, 1.165) is 6.20 Å². The second kappa shape index (κ2) is 4.97. The highest BCUT2D eigenvalue weighted by atomic mass is 35.5. The van der Waals surface area contributed by atoms with Gasteiger partial charge in [0.25, 0.3) is 5.91 Å². The fourth-order valence-corrected chi connectivity index (χ4v) is 1.45. The first-order valence-electron chi connectivity index (χ1n) is 4.90. The van der Waals surface area contributed by atoms with Crippen LogP contribution >= 0.6 is 11.6 Å². The van der Waals surface area contributed by atoms with Gasteiger partial charge in [-0.25, -0.2) is 14.4 Å². The van der Waals surface area contributed by atoms with Crippen LogP contribution in [0.1, 0.15) is 10.4 Å². The molecule has 2 heterocycles. The zero-order chi connectivity index (χ0) is 13.1. The summed E-state index contributed by atoms with van der Waals surface area (Å²) in [5, 5.41) is 2.49. The maximum absolute atomic E-state index is 12.6. The number of nitrogens with one attached hydrogen (secondary N) is 1. The van der Waals surface area contributed by atoms with Crippen LogP contribution in [0.5, 0.6) is 0 Å². The highest BCUT2D eigenvalue weighted by Gasteiger charge is 2.12. The third-order valence-corrected chi connectivity index (χ3v) is 2.38. The van der Waals surface area contributed by atoms with Crippen LogP contribution in [-0.2, 0) is 0 Å². The second-order valence-electron chi connectivity index (χ2n) is 3.42. The van der Waals surface area contributed by atoms with Crippen LogP contribution in [0.15, 0.2) is 30.6 Å². The molecule has 92 valence electrons. The first-order valence-corrected chi connectivity index (χ1v) is 5.28.